The van der Waals surface area contributed by atoms with E-state index in [-0.39, 0.29) is 12.0 Å². The van der Waals surface area contributed by atoms with Gasteiger partial charge in [-0.1, -0.05) is 0 Å². The lowest BCUT2D eigenvalue weighted by molar-refractivity contribution is -0.129. The molecule has 0 atom stereocenters. The van der Waals surface area contributed by atoms with Crippen molar-refractivity contribution in [2.45, 2.75) is 6.42 Å². The standard InChI is InChI=1S/C9H10F2N2O/c1-13(12)9(14)5-6-4-7(10)2-3-8(6)11/h2-4H,5,12H2,1H3. The number of hydrazine groups is 1. The Hall–Kier alpha value is -1.49. The molecule has 1 amide bonds. The first-order valence-corrected chi connectivity index (χ1v) is 3.96. The molecule has 0 heterocycles. The molecule has 0 saturated carbocycles. The molecule has 1 aromatic rings. The zero-order valence-corrected chi connectivity index (χ0v) is 7.63. The van der Waals surface area contributed by atoms with Crippen molar-refractivity contribution in [2.24, 2.45) is 5.84 Å². The maximum atomic E-state index is 13.0. The molecule has 0 aliphatic heterocycles. The van der Waals surface area contributed by atoms with Crippen molar-refractivity contribution < 1.29 is 13.6 Å². The largest absolute Gasteiger partial charge is 0.284 e. The van der Waals surface area contributed by atoms with Gasteiger partial charge in [0.15, 0.2) is 0 Å². The van der Waals surface area contributed by atoms with Gasteiger partial charge in [0, 0.05) is 12.6 Å². The van der Waals surface area contributed by atoms with E-state index in [0.717, 1.165) is 23.2 Å². The Morgan fingerprint density at radius 1 is 1.50 bits per heavy atom. The highest BCUT2D eigenvalue weighted by atomic mass is 19.1. The van der Waals surface area contributed by atoms with Crippen molar-refractivity contribution in [2.75, 3.05) is 7.05 Å². The van der Waals surface area contributed by atoms with Crippen molar-refractivity contribution in [1.29, 1.82) is 0 Å². The third-order valence-electron chi connectivity index (χ3n) is 1.74. The minimum Gasteiger partial charge on any atom is -0.284 e. The summed E-state index contributed by atoms with van der Waals surface area (Å²) in [5, 5.41) is 0.838. The number of likely N-dealkylation sites (N-methyl/N-ethyl adjacent to an activating group) is 1. The predicted octanol–water partition coefficient (Wildman–Crippen LogP) is 0.839. The highest BCUT2D eigenvalue weighted by Gasteiger charge is 2.10. The molecule has 0 aliphatic carbocycles. The Morgan fingerprint density at radius 3 is 2.71 bits per heavy atom. The van der Waals surface area contributed by atoms with Crippen LogP contribution in [0, 0.1) is 11.6 Å². The van der Waals surface area contributed by atoms with Gasteiger partial charge >= 0.3 is 0 Å². The van der Waals surface area contributed by atoms with Gasteiger partial charge in [0.2, 0.25) is 5.91 Å². The first-order valence-electron chi connectivity index (χ1n) is 3.96. The van der Waals surface area contributed by atoms with Gasteiger partial charge in [0.05, 0.1) is 6.42 Å². The van der Waals surface area contributed by atoms with Gasteiger partial charge in [-0.05, 0) is 18.2 Å². The molecule has 1 aromatic carbocycles. The molecule has 0 saturated heterocycles. The monoisotopic (exact) mass is 200 g/mol. The van der Waals surface area contributed by atoms with Crippen LogP contribution in [0.3, 0.4) is 0 Å². The lowest BCUT2D eigenvalue weighted by atomic mass is 10.1. The summed E-state index contributed by atoms with van der Waals surface area (Å²) in [5.74, 6) is 3.48. The van der Waals surface area contributed by atoms with Crippen LogP contribution in [0.2, 0.25) is 0 Å². The number of nitrogens with zero attached hydrogens (tertiary/aromatic N) is 1. The minimum absolute atomic E-state index is 0.00676. The third-order valence-corrected chi connectivity index (χ3v) is 1.74. The first kappa shape index (κ1) is 10.6. The van der Waals surface area contributed by atoms with Gasteiger partial charge < -0.3 is 0 Å². The molecular formula is C9H10F2N2O. The Bertz CT molecular complexity index is 353. The summed E-state index contributed by atoms with van der Waals surface area (Å²) in [5.41, 5.74) is 0.00676. The fourth-order valence-corrected chi connectivity index (χ4v) is 0.966. The smallest absolute Gasteiger partial charge is 0.240 e. The number of nitrogens with two attached hydrogens (primary N) is 1. The van der Waals surface area contributed by atoms with Gasteiger partial charge in [-0.3, -0.25) is 9.80 Å². The maximum absolute atomic E-state index is 13.0. The van der Waals surface area contributed by atoms with Crippen LogP contribution in [-0.4, -0.2) is 18.0 Å². The van der Waals surface area contributed by atoms with Crippen LogP contribution in [0.1, 0.15) is 5.56 Å². The van der Waals surface area contributed by atoms with Crippen LogP contribution in [-0.2, 0) is 11.2 Å². The number of hydrogen-bond acceptors (Lipinski definition) is 2. The van der Waals surface area contributed by atoms with E-state index in [2.05, 4.69) is 0 Å². The summed E-state index contributed by atoms with van der Waals surface area (Å²) >= 11 is 0. The minimum atomic E-state index is -0.610. The van der Waals surface area contributed by atoms with E-state index in [9.17, 15) is 13.6 Å². The molecule has 0 unspecified atom stereocenters. The Labute approximate surface area is 80.1 Å². The van der Waals surface area contributed by atoms with Gasteiger partial charge in [0.1, 0.15) is 11.6 Å². The fraction of sp³-hybridized carbons (Fsp3) is 0.222. The summed E-state index contributed by atoms with van der Waals surface area (Å²) in [6, 6.07) is 2.96. The zero-order chi connectivity index (χ0) is 10.7. The summed E-state index contributed by atoms with van der Waals surface area (Å²) in [6.45, 7) is 0. The van der Waals surface area contributed by atoms with E-state index >= 15 is 0 Å². The van der Waals surface area contributed by atoms with Crippen LogP contribution in [0.15, 0.2) is 18.2 Å². The fourth-order valence-electron chi connectivity index (χ4n) is 0.966. The van der Waals surface area contributed by atoms with Crippen LogP contribution >= 0.6 is 0 Å². The number of benzene rings is 1. The first-order chi connectivity index (χ1) is 6.50. The van der Waals surface area contributed by atoms with E-state index in [1.54, 1.807) is 0 Å². The number of halogens is 2. The number of hydrogen-bond donors (Lipinski definition) is 1. The van der Waals surface area contributed by atoms with Crippen LogP contribution in [0.4, 0.5) is 8.78 Å². The van der Waals surface area contributed by atoms with Crippen molar-refractivity contribution in [1.82, 2.24) is 5.01 Å². The van der Waals surface area contributed by atoms with Crippen molar-refractivity contribution in [3.63, 3.8) is 0 Å². The number of rotatable bonds is 2. The number of carbonyl (C=O) groups excluding carboxylic acids is 1. The lowest BCUT2D eigenvalue weighted by Gasteiger charge is -2.09. The molecular weight excluding hydrogens is 190 g/mol. The molecule has 0 aliphatic rings. The summed E-state index contributed by atoms with van der Waals surface area (Å²) in [7, 11) is 1.35. The second-order valence-corrected chi connectivity index (χ2v) is 2.92. The van der Waals surface area contributed by atoms with Crippen molar-refractivity contribution in [3.05, 3.63) is 35.4 Å². The molecule has 3 nitrogen and oxygen atoms in total. The van der Waals surface area contributed by atoms with Crippen molar-refractivity contribution >= 4 is 5.91 Å². The Balaban J connectivity index is 2.86. The average Bonchev–Trinajstić information content (AvgIpc) is 2.11. The second kappa shape index (κ2) is 4.15. The second-order valence-electron chi connectivity index (χ2n) is 2.92. The van der Waals surface area contributed by atoms with Crippen LogP contribution in [0.5, 0.6) is 0 Å². The molecule has 0 fully saturated rings. The molecule has 0 bridgehead atoms. The topological polar surface area (TPSA) is 46.3 Å². The highest BCUT2D eigenvalue weighted by molar-refractivity contribution is 5.77. The summed E-state index contributed by atoms with van der Waals surface area (Å²) in [6.07, 6.45) is -0.239. The van der Waals surface area contributed by atoms with E-state index in [0.29, 0.717) is 0 Å². The van der Waals surface area contributed by atoms with Crippen LogP contribution < -0.4 is 5.84 Å². The van der Waals surface area contributed by atoms with Crippen LogP contribution in [0.25, 0.3) is 0 Å². The van der Waals surface area contributed by atoms with E-state index < -0.39 is 17.5 Å². The highest BCUT2D eigenvalue weighted by Crippen LogP contribution is 2.10. The lowest BCUT2D eigenvalue weighted by Crippen LogP contribution is -2.34. The SMILES string of the molecule is CN(N)C(=O)Cc1cc(F)ccc1F. The van der Waals surface area contributed by atoms with Gasteiger partial charge in [-0.25, -0.2) is 14.6 Å². The molecule has 5 heteroatoms. The van der Waals surface area contributed by atoms with Crippen molar-refractivity contribution in [3.8, 4) is 0 Å². The number of carbonyl (C=O) groups is 1. The summed E-state index contributed by atoms with van der Waals surface area (Å²) < 4.78 is 25.7. The molecule has 1 rings (SSSR count). The zero-order valence-electron chi connectivity index (χ0n) is 7.63. The maximum Gasteiger partial charge on any atom is 0.240 e. The predicted molar refractivity (Wildman–Crippen MR) is 47.0 cm³/mol. The molecule has 2 N–H and O–H groups in total. The van der Waals surface area contributed by atoms with E-state index in [4.69, 9.17) is 5.84 Å². The summed E-state index contributed by atoms with van der Waals surface area (Å²) in [4.78, 5) is 11.1. The third kappa shape index (κ3) is 2.50. The quantitative estimate of drug-likeness (QED) is 0.437. The molecule has 76 valence electrons. The van der Waals surface area contributed by atoms with Gasteiger partial charge in [-0.2, -0.15) is 0 Å². The Kier molecular flexibility index (Phi) is 3.14. The normalized spacial score (nSPS) is 10.0. The van der Waals surface area contributed by atoms with Gasteiger partial charge in [0.25, 0.3) is 0 Å². The molecule has 0 radical (unpaired) electrons. The number of amides is 1. The Morgan fingerprint density at radius 2 is 2.14 bits per heavy atom. The van der Waals surface area contributed by atoms with E-state index in [1.807, 2.05) is 0 Å². The average molecular weight is 200 g/mol. The molecule has 0 spiro atoms. The van der Waals surface area contributed by atoms with E-state index in [1.165, 1.54) is 7.05 Å². The molecule has 0 aromatic heterocycles. The van der Waals surface area contributed by atoms with Gasteiger partial charge in [-0.15, -0.1) is 0 Å². The molecule has 14 heavy (non-hydrogen) atoms.